The summed E-state index contributed by atoms with van der Waals surface area (Å²) in [4.78, 5) is 19.4. The first kappa shape index (κ1) is 18.2. The standard InChI is InChI=1S/C16H13BrF3N5O/c17-10-3-5-11(6-4-10)23-15(26)22-8-9-25-13-12(2-1-7-21-13)24-14(25)16(18,19)20/h1-7H,8-9H2,(H2,22,23,26). The lowest BCUT2D eigenvalue weighted by atomic mass is 10.3. The van der Waals surface area contributed by atoms with Crippen LogP contribution in [-0.2, 0) is 12.7 Å². The molecule has 0 saturated heterocycles. The average Bonchev–Trinajstić information content (AvgIpc) is 2.96. The summed E-state index contributed by atoms with van der Waals surface area (Å²) in [7, 11) is 0. The van der Waals surface area contributed by atoms with Crippen molar-refractivity contribution in [1.82, 2.24) is 19.9 Å². The summed E-state index contributed by atoms with van der Waals surface area (Å²) in [5.41, 5.74) is 0.838. The monoisotopic (exact) mass is 427 g/mol. The van der Waals surface area contributed by atoms with E-state index in [4.69, 9.17) is 0 Å². The second kappa shape index (κ2) is 7.32. The van der Waals surface area contributed by atoms with Gasteiger partial charge in [-0.05, 0) is 36.4 Å². The number of halogens is 4. The summed E-state index contributed by atoms with van der Waals surface area (Å²) in [6, 6.07) is 9.37. The Labute approximate surface area is 154 Å². The van der Waals surface area contributed by atoms with Crippen molar-refractivity contribution < 1.29 is 18.0 Å². The summed E-state index contributed by atoms with van der Waals surface area (Å²) in [6.07, 6.45) is -3.21. The maximum absolute atomic E-state index is 13.2. The van der Waals surface area contributed by atoms with E-state index in [1.807, 2.05) is 0 Å². The normalized spacial score (nSPS) is 11.5. The maximum atomic E-state index is 13.2. The van der Waals surface area contributed by atoms with Gasteiger partial charge in [0.2, 0.25) is 5.82 Å². The van der Waals surface area contributed by atoms with Crippen LogP contribution in [0.3, 0.4) is 0 Å². The zero-order chi connectivity index (χ0) is 18.7. The topological polar surface area (TPSA) is 71.8 Å². The van der Waals surface area contributed by atoms with E-state index < -0.39 is 18.0 Å². The Kier molecular flexibility index (Phi) is 5.12. The largest absolute Gasteiger partial charge is 0.449 e. The Morgan fingerprint density at radius 2 is 1.92 bits per heavy atom. The number of rotatable bonds is 4. The highest BCUT2D eigenvalue weighted by Crippen LogP contribution is 2.30. The third kappa shape index (κ3) is 4.13. The van der Waals surface area contributed by atoms with E-state index in [0.29, 0.717) is 5.69 Å². The molecule has 136 valence electrons. The number of aromatic nitrogens is 3. The summed E-state index contributed by atoms with van der Waals surface area (Å²) < 4.78 is 41.4. The molecular formula is C16H13BrF3N5O. The summed E-state index contributed by atoms with van der Waals surface area (Å²) in [5.74, 6) is -1.04. The van der Waals surface area contributed by atoms with Gasteiger partial charge in [0.05, 0.1) is 0 Å². The molecule has 2 amide bonds. The van der Waals surface area contributed by atoms with Gasteiger partial charge < -0.3 is 15.2 Å². The van der Waals surface area contributed by atoms with Crippen molar-refractivity contribution in [2.75, 3.05) is 11.9 Å². The second-order valence-electron chi connectivity index (χ2n) is 5.32. The molecule has 3 rings (SSSR count). The van der Waals surface area contributed by atoms with Gasteiger partial charge in [-0.1, -0.05) is 15.9 Å². The molecule has 0 aliphatic rings. The molecule has 6 nitrogen and oxygen atoms in total. The number of anilines is 1. The van der Waals surface area contributed by atoms with Crippen molar-refractivity contribution in [2.24, 2.45) is 0 Å². The minimum Gasteiger partial charge on any atom is -0.336 e. The Morgan fingerprint density at radius 3 is 2.62 bits per heavy atom. The molecule has 0 atom stereocenters. The molecule has 10 heteroatoms. The third-order valence-electron chi connectivity index (χ3n) is 3.48. The van der Waals surface area contributed by atoms with E-state index in [1.54, 1.807) is 24.3 Å². The van der Waals surface area contributed by atoms with Crippen molar-refractivity contribution in [3.63, 3.8) is 0 Å². The van der Waals surface area contributed by atoms with Crippen LogP contribution in [0, 0.1) is 0 Å². The second-order valence-corrected chi connectivity index (χ2v) is 6.23. The van der Waals surface area contributed by atoms with Crippen molar-refractivity contribution in [2.45, 2.75) is 12.7 Å². The Balaban J connectivity index is 1.67. The Morgan fingerprint density at radius 1 is 1.19 bits per heavy atom. The molecule has 3 aromatic rings. The fourth-order valence-corrected chi connectivity index (χ4v) is 2.64. The number of hydrogen-bond acceptors (Lipinski definition) is 3. The first-order valence-electron chi connectivity index (χ1n) is 7.53. The average molecular weight is 428 g/mol. The number of alkyl halides is 3. The number of fused-ring (bicyclic) bond motifs is 1. The van der Waals surface area contributed by atoms with Gasteiger partial charge in [-0.2, -0.15) is 13.2 Å². The van der Waals surface area contributed by atoms with Crippen LogP contribution < -0.4 is 10.6 Å². The molecule has 2 heterocycles. The predicted octanol–water partition coefficient (Wildman–Crippen LogP) is 4.03. The van der Waals surface area contributed by atoms with Gasteiger partial charge in [-0.15, -0.1) is 0 Å². The quantitative estimate of drug-likeness (QED) is 0.659. The van der Waals surface area contributed by atoms with Crippen molar-refractivity contribution in [1.29, 1.82) is 0 Å². The molecule has 0 unspecified atom stereocenters. The van der Waals surface area contributed by atoms with Gasteiger partial charge in [0.1, 0.15) is 5.52 Å². The van der Waals surface area contributed by atoms with Crippen molar-refractivity contribution >= 4 is 38.8 Å². The Bertz CT molecular complexity index is 924. The van der Waals surface area contributed by atoms with E-state index in [1.165, 1.54) is 18.3 Å². The number of nitrogens with zero attached hydrogens (tertiary/aromatic N) is 3. The van der Waals surface area contributed by atoms with E-state index in [2.05, 4.69) is 36.5 Å². The zero-order valence-electron chi connectivity index (χ0n) is 13.2. The van der Waals surface area contributed by atoms with Gasteiger partial charge in [0.25, 0.3) is 0 Å². The minimum atomic E-state index is -4.61. The van der Waals surface area contributed by atoms with Gasteiger partial charge in [-0.25, -0.2) is 14.8 Å². The predicted molar refractivity (Wildman–Crippen MR) is 93.7 cm³/mol. The molecule has 26 heavy (non-hydrogen) atoms. The van der Waals surface area contributed by atoms with E-state index in [0.717, 1.165) is 9.04 Å². The van der Waals surface area contributed by atoms with Gasteiger partial charge in [0.15, 0.2) is 5.65 Å². The number of carbonyl (C=O) groups excluding carboxylic acids is 1. The van der Waals surface area contributed by atoms with Crippen LogP contribution in [0.25, 0.3) is 11.2 Å². The molecule has 0 bridgehead atoms. The molecular weight excluding hydrogens is 415 g/mol. The summed E-state index contributed by atoms with van der Waals surface area (Å²) in [6.45, 7) is -0.135. The lowest BCUT2D eigenvalue weighted by Gasteiger charge is -2.12. The number of hydrogen-bond donors (Lipinski definition) is 2. The first-order chi connectivity index (χ1) is 12.3. The number of pyridine rings is 1. The smallest absolute Gasteiger partial charge is 0.336 e. The SMILES string of the molecule is O=C(NCCn1c(C(F)(F)F)nc2cccnc21)Nc1ccc(Br)cc1. The van der Waals surface area contributed by atoms with Gasteiger partial charge in [0, 0.05) is 29.4 Å². The van der Waals surface area contributed by atoms with Crippen molar-refractivity contribution in [3.8, 4) is 0 Å². The fourth-order valence-electron chi connectivity index (χ4n) is 2.38. The van der Waals surface area contributed by atoms with Crippen LogP contribution in [0.5, 0.6) is 0 Å². The maximum Gasteiger partial charge on any atom is 0.449 e. The highest BCUT2D eigenvalue weighted by atomic mass is 79.9. The van der Waals surface area contributed by atoms with Crippen LogP contribution in [0.2, 0.25) is 0 Å². The molecule has 0 fully saturated rings. The number of benzene rings is 1. The number of imidazole rings is 1. The number of nitrogens with one attached hydrogen (secondary N) is 2. The van der Waals surface area contributed by atoms with E-state index >= 15 is 0 Å². The third-order valence-corrected chi connectivity index (χ3v) is 4.01. The highest BCUT2D eigenvalue weighted by Gasteiger charge is 2.37. The molecule has 2 aromatic heterocycles. The lowest BCUT2D eigenvalue weighted by molar-refractivity contribution is -0.146. The van der Waals surface area contributed by atoms with Crippen molar-refractivity contribution in [3.05, 3.63) is 52.9 Å². The van der Waals surface area contributed by atoms with E-state index in [9.17, 15) is 18.0 Å². The summed E-state index contributed by atoms with van der Waals surface area (Å²) in [5, 5.41) is 5.12. The molecule has 0 spiro atoms. The molecule has 0 radical (unpaired) electrons. The number of urea groups is 1. The van der Waals surface area contributed by atoms with Gasteiger partial charge >= 0.3 is 12.2 Å². The lowest BCUT2D eigenvalue weighted by Crippen LogP contribution is -2.32. The van der Waals surface area contributed by atoms with Crippen LogP contribution >= 0.6 is 15.9 Å². The van der Waals surface area contributed by atoms with Crippen LogP contribution in [0.15, 0.2) is 47.1 Å². The molecule has 1 aromatic carbocycles. The molecule has 2 N–H and O–H groups in total. The van der Waals surface area contributed by atoms with Crippen LogP contribution in [0.4, 0.5) is 23.7 Å². The molecule has 0 saturated carbocycles. The number of amides is 2. The molecule has 0 aliphatic carbocycles. The zero-order valence-corrected chi connectivity index (χ0v) is 14.8. The highest BCUT2D eigenvalue weighted by molar-refractivity contribution is 9.10. The first-order valence-corrected chi connectivity index (χ1v) is 8.33. The fraction of sp³-hybridized carbons (Fsp3) is 0.188. The number of carbonyl (C=O) groups is 1. The van der Waals surface area contributed by atoms with Crippen LogP contribution in [0.1, 0.15) is 5.82 Å². The Hall–Kier alpha value is -2.62. The van der Waals surface area contributed by atoms with Crippen LogP contribution in [-0.4, -0.2) is 27.1 Å². The minimum absolute atomic E-state index is 0.0204. The molecule has 0 aliphatic heterocycles. The van der Waals surface area contributed by atoms with Gasteiger partial charge in [-0.3, -0.25) is 0 Å². The summed E-state index contributed by atoms with van der Waals surface area (Å²) >= 11 is 3.28. The van der Waals surface area contributed by atoms with E-state index in [-0.39, 0.29) is 24.3 Å².